The molecule has 1 heterocycles. The lowest BCUT2D eigenvalue weighted by Gasteiger charge is -2.11. The number of para-hydroxylation sites is 1. The summed E-state index contributed by atoms with van der Waals surface area (Å²) in [5.74, 6) is -2.48. The Morgan fingerprint density at radius 1 is 0.957 bits per heavy atom. The Hall–Kier alpha value is -2.82. The molecule has 2 aromatic rings. The third kappa shape index (κ3) is 2.90. The normalized spacial score (nSPS) is 12.0. The van der Waals surface area contributed by atoms with Gasteiger partial charge in [0.15, 0.2) is 0 Å². The van der Waals surface area contributed by atoms with Crippen molar-refractivity contribution in [3.63, 3.8) is 0 Å². The van der Waals surface area contributed by atoms with Crippen LogP contribution in [-0.4, -0.2) is 26.7 Å². The van der Waals surface area contributed by atoms with Crippen molar-refractivity contribution >= 4 is 28.4 Å². The highest BCUT2D eigenvalue weighted by Crippen LogP contribution is 2.31. The number of carboxylic acid groups (broad SMARTS) is 2. The fraction of sp³-hybridized carbons (Fsp3) is 0.222. The SMILES string of the molecule is CC(C)=C(C(=O)O)C(C(=O)O)=C(C)c1cn(C)c2ccccc12. The summed E-state index contributed by atoms with van der Waals surface area (Å²) in [6.45, 7) is 4.85. The van der Waals surface area contributed by atoms with Crippen molar-refractivity contribution in [2.75, 3.05) is 0 Å². The molecule has 23 heavy (non-hydrogen) atoms. The largest absolute Gasteiger partial charge is 0.478 e. The molecule has 0 aliphatic heterocycles. The van der Waals surface area contributed by atoms with E-state index >= 15 is 0 Å². The van der Waals surface area contributed by atoms with E-state index in [2.05, 4.69) is 0 Å². The molecule has 1 aromatic carbocycles. The van der Waals surface area contributed by atoms with Crippen LogP contribution in [-0.2, 0) is 16.6 Å². The fourth-order valence-corrected chi connectivity index (χ4v) is 2.80. The van der Waals surface area contributed by atoms with Crippen molar-refractivity contribution in [2.45, 2.75) is 20.8 Å². The number of hydrogen-bond donors (Lipinski definition) is 2. The number of aliphatic carboxylic acids is 2. The maximum atomic E-state index is 11.7. The molecule has 5 nitrogen and oxygen atoms in total. The molecule has 0 amide bonds. The zero-order valence-electron chi connectivity index (χ0n) is 13.5. The molecule has 5 heteroatoms. The standard InChI is InChI=1S/C18H19NO4/c1-10(2)15(17(20)21)16(18(22)23)11(3)13-9-19(4)14-8-6-5-7-12(13)14/h5-9H,1-4H3,(H,20,21)(H,22,23). The van der Waals surface area contributed by atoms with Gasteiger partial charge in [-0.2, -0.15) is 0 Å². The van der Waals surface area contributed by atoms with Gasteiger partial charge in [-0.05, 0) is 32.4 Å². The molecule has 0 saturated carbocycles. The summed E-state index contributed by atoms with van der Waals surface area (Å²) in [4.78, 5) is 23.3. The number of hydrogen-bond acceptors (Lipinski definition) is 2. The molecule has 0 fully saturated rings. The lowest BCUT2D eigenvalue weighted by molar-refractivity contribution is -0.136. The quantitative estimate of drug-likeness (QED) is 0.669. The Labute approximate surface area is 134 Å². The van der Waals surface area contributed by atoms with E-state index in [1.807, 2.05) is 42.1 Å². The average molecular weight is 313 g/mol. The summed E-state index contributed by atoms with van der Waals surface area (Å²) in [5.41, 5.74) is 2.24. The van der Waals surface area contributed by atoms with E-state index in [1.165, 1.54) is 0 Å². The van der Waals surface area contributed by atoms with Gasteiger partial charge in [-0.3, -0.25) is 0 Å². The third-order valence-corrected chi connectivity index (χ3v) is 3.85. The Kier molecular flexibility index (Phi) is 4.40. The van der Waals surface area contributed by atoms with Gasteiger partial charge in [0, 0.05) is 29.7 Å². The first-order valence-electron chi connectivity index (χ1n) is 7.15. The lowest BCUT2D eigenvalue weighted by Crippen LogP contribution is -2.14. The monoisotopic (exact) mass is 313 g/mol. The zero-order valence-corrected chi connectivity index (χ0v) is 13.5. The van der Waals surface area contributed by atoms with Gasteiger partial charge in [0.25, 0.3) is 0 Å². The van der Waals surface area contributed by atoms with E-state index < -0.39 is 11.9 Å². The maximum absolute atomic E-state index is 11.7. The summed E-state index contributed by atoms with van der Waals surface area (Å²) in [5, 5.41) is 19.9. The number of carboxylic acids is 2. The van der Waals surface area contributed by atoms with Crippen LogP contribution in [0.5, 0.6) is 0 Å². The van der Waals surface area contributed by atoms with Gasteiger partial charge in [-0.25, -0.2) is 9.59 Å². The highest BCUT2D eigenvalue weighted by Gasteiger charge is 2.25. The van der Waals surface area contributed by atoms with Gasteiger partial charge in [0.05, 0.1) is 11.1 Å². The van der Waals surface area contributed by atoms with E-state index in [0.717, 1.165) is 16.5 Å². The second-order valence-corrected chi connectivity index (χ2v) is 5.66. The van der Waals surface area contributed by atoms with E-state index in [9.17, 15) is 19.8 Å². The summed E-state index contributed by atoms with van der Waals surface area (Å²) < 4.78 is 1.90. The molecule has 0 aliphatic rings. The number of aromatic nitrogens is 1. The molecule has 0 aliphatic carbocycles. The molecule has 2 N–H and O–H groups in total. The van der Waals surface area contributed by atoms with Crippen LogP contribution in [0.2, 0.25) is 0 Å². The molecule has 120 valence electrons. The van der Waals surface area contributed by atoms with E-state index in [-0.39, 0.29) is 11.1 Å². The van der Waals surface area contributed by atoms with Crippen LogP contribution in [0.3, 0.4) is 0 Å². The summed E-state index contributed by atoms with van der Waals surface area (Å²) >= 11 is 0. The van der Waals surface area contributed by atoms with Crippen molar-refractivity contribution in [3.05, 3.63) is 52.7 Å². The predicted molar refractivity (Wildman–Crippen MR) is 89.2 cm³/mol. The number of aryl methyl sites for hydroxylation is 1. The Balaban J connectivity index is 2.85. The van der Waals surface area contributed by atoms with Crippen LogP contribution in [0.25, 0.3) is 16.5 Å². The minimum absolute atomic E-state index is 0.164. The molecule has 1 aromatic heterocycles. The number of benzene rings is 1. The Morgan fingerprint density at radius 3 is 2.04 bits per heavy atom. The van der Waals surface area contributed by atoms with Crippen LogP contribution in [0, 0.1) is 0 Å². The van der Waals surface area contributed by atoms with Gasteiger partial charge in [-0.15, -0.1) is 0 Å². The summed E-state index contributed by atoms with van der Waals surface area (Å²) in [6, 6.07) is 7.61. The first-order chi connectivity index (χ1) is 10.8. The molecule has 0 radical (unpaired) electrons. The second-order valence-electron chi connectivity index (χ2n) is 5.66. The minimum Gasteiger partial charge on any atom is -0.478 e. The first kappa shape index (κ1) is 16.5. The number of rotatable bonds is 4. The van der Waals surface area contributed by atoms with E-state index in [4.69, 9.17) is 0 Å². The number of nitrogens with zero attached hydrogens (tertiary/aromatic N) is 1. The molecule has 2 rings (SSSR count). The topological polar surface area (TPSA) is 79.5 Å². The highest BCUT2D eigenvalue weighted by molar-refractivity contribution is 6.12. The molecule has 0 atom stereocenters. The van der Waals surface area contributed by atoms with Gasteiger partial charge in [-0.1, -0.05) is 23.8 Å². The average Bonchev–Trinajstić information content (AvgIpc) is 2.80. The van der Waals surface area contributed by atoms with Crippen molar-refractivity contribution in [1.82, 2.24) is 4.57 Å². The fourth-order valence-electron chi connectivity index (χ4n) is 2.80. The van der Waals surface area contributed by atoms with Crippen molar-refractivity contribution in [2.24, 2.45) is 7.05 Å². The van der Waals surface area contributed by atoms with Crippen molar-refractivity contribution in [1.29, 1.82) is 0 Å². The van der Waals surface area contributed by atoms with E-state index in [0.29, 0.717) is 11.1 Å². The summed E-state index contributed by atoms with van der Waals surface area (Å²) in [7, 11) is 1.87. The van der Waals surface area contributed by atoms with Gasteiger partial charge in [0.2, 0.25) is 0 Å². The van der Waals surface area contributed by atoms with Crippen LogP contribution in [0.4, 0.5) is 0 Å². The van der Waals surface area contributed by atoms with Crippen LogP contribution >= 0.6 is 0 Å². The van der Waals surface area contributed by atoms with Gasteiger partial charge >= 0.3 is 11.9 Å². The third-order valence-electron chi connectivity index (χ3n) is 3.85. The molecule has 0 spiro atoms. The van der Waals surface area contributed by atoms with Gasteiger partial charge in [0.1, 0.15) is 0 Å². The smallest absolute Gasteiger partial charge is 0.336 e. The van der Waals surface area contributed by atoms with Crippen LogP contribution in [0.15, 0.2) is 47.2 Å². The molecule has 0 unspecified atom stereocenters. The first-order valence-corrected chi connectivity index (χ1v) is 7.15. The number of fused-ring (bicyclic) bond motifs is 1. The molecule has 0 bridgehead atoms. The maximum Gasteiger partial charge on any atom is 0.336 e. The van der Waals surface area contributed by atoms with Crippen LogP contribution < -0.4 is 0 Å². The van der Waals surface area contributed by atoms with Crippen molar-refractivity contribution in [3.8, 4) is 0 Å². The van der Waals surface area contributed by atoms with Crippen LogP contribution in [0.1, 0.15) is 26.3 Å². The molecular weight excluding hydrogens is 294 g/mol. The van der Waals surface area contributed by atoms with E-state index in [1.54, 1.807) is 20.8 Å². The highest BCUT2D eigenvalue weighted by atomic mass is 16.4. The second kappa shape index (κ2) is 6.12. The number of allylic oxidation sites excluding steroid dienone is 2. The Morgan fingerprint density at radius 2 is 1.52 bits per heavy atom. The summed E-state index contributed by atoms with van der Waals surface area (Å²) in [6.07, 6.45) is 1.83. The lowest BCUT2D eigenvalue weighted by atomic mass is 9.93. The number of carbonyl (C=O) groups is 2. The molecule has 0 saturated heterocycles. The predicted octanol–water partition coefficient (Wildman–Crippen LogP) is 3.46. The Bertz CT molecular complexity index is 864. The zero-order chi connectivity index (χ0) is 17.3. The minimum atomic E-state index is -1.24. The van der Waals surface area contributed by atoms with Crippen molar-refractivity contribution < 1.29 is 19.8 Å². The molecular formula is C18H19NO4. The van der Waals surface area contributed by atoms with Gasteiger partial charge < -0.3 is 14.8 Å².